The molecule has 0 spiro atoms. The van der Waals surface area contributed by atoms with Crippen LogP contribution in [-0.4, -0.2) is 28.5 Å². The molecule has 1 unspecified atom stereocenters. The number of benzene rings is 1. The Bertz CT molecular complexity index is 569. The van der Waals surface area contributed by atoms with Gasteiger partial charge in [0, 0.05) is 13.0 Å². The number of anilines is 1. The molecule has 0 saturated carbocycles. The third-order valence-electron chi connectivity index (χ3n) is 2.78. The van der Waals surface area contributed by atoms with Crippen molar-refractivity contribution in [3.8, 4) is 0 Å². The summed E-state index contributed by atoms with van der Waals surface area (Å²) in [7, 11) is 0. The molecular weight excluding hydrogens is 216 g/mol. The summed E-state index contributed by atoms with van der Waals surface area (Å²) < 4.78 is 0. The van der Waals surface area contributed by atoms with Gasteiger partial charge in [-0.15, -0.1) is 0 Å². The first kappa shape index (κ1) is 10.0. The van der Waals surface area contributed by atoms with E-state index in [2.05, 4.69) is 20.6 Å². The number of aromatic nitrogens is 2. The first-order valence-electron chi connectivity index (χ1n) is 5.56. The molecule has 1 aromatic heterocycles. The van der Waals surface area contributed by atoms with Crippen molar-refractivity contribution in [1.82, 2.24) is 15.3 Å². The van der Waals surface area contributed by atoms with Crippen molar-refractivity contribution in [1.29, 1.82) is 0 Å². The van der Waals surface area contributed by atoms with E-state index < -0.39 is 0 Å². The Labute approximate surface area is 98.3 Å². The van der Waals surface area contributed by atoms with Crippen LogP contribution in [0.5, 0.6) is 0 Å². The first-order valence-corrected chi connectivity index (χ1v) is 5.56. The Hall–Kier alpha value is -2.17. The zero-order valence-corrected chi connectivity index (χ0v) is 9.18. The Balaban J connectivity index is 1.83. The van der Waals surface area contributed by atoms with Gasteiger partial charge >= 0.3 is 0 Å². The van der Waals surface area contributed by atoms with Gasteiger partial charge in [-0.05, 0) is 12.1 Å². The van der Waals surface area contributed by atoms with Crippen molar-refractivity contribution >= 4 is 22.8 Å². The van der Waals surface area contributed by atoms with Crippen LogP contribution in [0.3, 0.4) is 0 Å². The molecular formula is C12H12N4O. The maximum atomic E-state index is 11.1. The molecule has 1 atom stereocenters. The second-order valence-electron chi connectivity index (χ2n) is 4.09. The van der Waals surface area contributed by atoms with E-state index in [9.17, 15) is 4.79 Å². The molecule has 3 rings (SSSR count). The number of hydrogen-bond acceptors (Lipinski definition) is 4. The second-order valence-corrected chi connectivity index (χ2v) is 4.09. The van der Waals surface area contributed by atoms with Crippen LogP contribution < -0.4 is 10.6 Å². The summed E-state index contributed by atoms with van der Waals surface area (Å²) in [5.41, 5.74) is 1.73. The predicted octanol–water partition coefficient (Wildman–Crippen LogP) is 0.930. The van der Waals surface area contributed by atoms with Gasteiger partial charge in [-0.2, -0.15) is 0 Å². The summed E-state index contributed by atoms with van der Waals surface area (Å²) in [4.78, 5) is 19.8. The largest absolute Gasteiger partial charge is 0.364 e. The lowest BCUT2D eigenvalue weighted by molar-refractivity contribution is -0.119. The summed E-state index contributed by atoms with van der Waals surface area (Å²) in [6.45, 7) is 0.646. The van der Waals surface area contributed by atoms with Gasteiger partial charge in [0.2, 0.25) is 5.91 Å². The van der Waals surface area contributed by atoms with E-state index in [1.54, 1.807) is 6.20 Å². The molecule has 17 heavy (non-hydrogen) atoms. The maximum absolute atomic E-state index is 11.1. The molecule has 1 aromatic carbocycles. The molecule has 0 radical (unpaired) electrons. The minimum absolute atomic E-state index is 0.0799. The van der Waals surface area contributed by atoms with Crippen LogP contribution in [0.15, 0.2) is 30.5 Å². The van der Waals surface area contributed by atoms with Gasteiger partial charge in [0.05, 0.1) is 23.3 Å². The third-order valence-corrected chi connectivity index (χ3v) is 2.78. The molecule has 2 N–H and O–H groups in total. The van der Waals surface area contributed by atoms with E-state index in [0.29, 0.717) is 18.8 Å². The highest BCUT2D eigenvalue weighted by Crippen LogP contribution is 2.13. The SMILES string of the molecule is O=C1CC(Nc2cnc3ccccc3n2)CN1. The molecule has 1 amide bonds. The summed E-state index contributed by atoms with van der Waals surface area (Å²) in [6.07, 6.45) is 2.19. The number of nitrogens with zero attached hydrogens (tertiary/aromatic N) is 2. The average molecular weight is 228 g/mol. The number of carbonyl (C=O) groups is 1. The number of nitrogens with one attached hydrogen (secondary N) is 2. The standard InChI is InChI=1S/C12H12N4O/c17-12-5-8(6-14-12)15-11-7-13-9-3-1-2-4-10(9)16-11/h1-4,7-8H,5-6H2,(H,14,17)(H,15,16). The quantitative estimate of drug-likeness (QED) is 0.802. The molecule has 1 saturated heterocycles. The average Bonchev–Trinajstić information content (AvgIpc) is 2.75. The number of carbonyl (C=O) groups excluding carboxylic acids is 1. The highest BCUT2D eigenvalue weighted by Gasteiger charge is 2.21. The van der Waals surface area contributed by atoms with Crippen LogP contribution in [0, 0.1) is 0 Å². The second kappa shape index (κ2) is 4.01. The van der Waals surface area contributed by atoms with E-state index in [1.165, 1.54) is 0 Å². The Morgan fingerprint density at radius 3 is 2.88 bits per heavy atom. The third kappa shape index (κ3) is 2.04. The van der Waals surface area contributed by atoms with Crippen molar-refractivity contribution in [2.24, 2.45) is 0 Å². The van der Waals surface area contributed by atoms with Gasteiger partial charge in [-0.3, -0.25) is 9.78 Å². The summed E-state index contributed by atoms with van der Waals surface area (Å²) in [5, 5.41) is 5.98. The van der Waals surface area contributed by atoms with E-state index in [-0.39, 0.29) is 11.9 Å². The normalized spacial score (nSPS) is 19.3. The first-order chi connectivity index (χ1) is 8.31. The number of para-hydroxylation sites is 2. The van der Waals surface area contributed by atoms with Crippen LogP contribution in [0.2, 0.25) is 0 Å². The Kier molecular flexibility index (Phi) is 2.36. The molecule has 5 nitrogen and oxygen atoms in total. The van der Waals surface area contributed by atoms with Crippen LogP contribution in [-0.2, 0) is 4.79 Å². The number of rotatable bonds is 2. The fraction of sp³-hybridized carbons (Fsp3) is 0.250. The molecule has 0 bridgehead atoms. The van der Waals surface area contributed by atoms with Crippen molar-refractivity contribution in [3.05, 3.63) is 30.5 Å². The van der Waals surface area contributed by atoms with Gasteiger partial charge in [0.15, 0.2) is 0 Å². The van der Waals surface area contributed by atoms with Crippen LogP contribution in [0.1, 0.15) is 6.42 Å². The number of hydrogen-bond donors (Lipinski definition) is 2. The van der Waals surface area contributed by atoms with Crippen LogP contribution >= 0.6 is 0 Å². The monoisotopic (exact) mass is 228 g/mol. The molecule has 1 aliphatic rings. The smallest absolute Gasteiger partial charge is 0.222 e. The molecule has 5 heteroatoms. The number of amides is 1. The molecule has 1 aliphatic heterocycles. The van der Waals surface area contributed by atoms with Crippen LogP contribution in [0.4, 0.5) is 5.82 Å². The minimum Gasteiger partial charge on any atom is -0.364 e. The predicted molar refractivity (Wildman–Crippen MR) is 64.6 cm³/mol. The summed E-state index contributed by atoms with van der Waals surface area (Å²) in [5.74, 6) is 0.793. The zero-order valence-electron chi connectivity index (χ0n) is 9.18. The molecule has 86 valence electrons. The van der Waals surface area contributed by atoms with Gasteiger partial charge in [-0.1, -0.05) is 12.1 Å². The van der Waals surface area contributed by atoms with Crippen molar-refractivity contribution in [2.45, 2.75) is 12.5 Å². The van der Waals surface area contributed by atoms with Gasteiger partial charge in [-0.25, -0.2) is 4.98 Å². The topological polar surface area (TPSA) is 66.9 Å². The van der Waals surface area contributed by atoms with E-state index in [4.69, 9.17) is 0 Å². The van der Waals surface area contributed by atoms with E-state index in [1.807, 2.05) is 24.3 Å². The fourth-order valence-electron chi connectivity index (χ4n) is 1.94. The molecule has 2 aromatic rings. The lowest BCUT2D eigenvalue weighted by Crippen LogP contribution is -2.22. The van der Waals surface area contributed by atoms with Crippen molar-refractivity contribution in [3.63, 3.8) is 0 Å². The Morgan fingerprint density at radius 1 is 1.29 bits per heavy atom. The van der Waals surface area contributed by atoms with Gasteiger partial charge in [0.1, 0.15) is 5.82 Å². The van der Waals surface area contributed by atoms with Gasteiger partial charge in [0.25, 0.3) is 0 Å². The van der Waals surface area contributed by atoms with Crippen molar-refractivity contribution in [2.75, 3.05) is 11.9 Å². The maximum Gasteiger partial charge on any atom is 0.222 e. The highest BCUT2D eigenvalue weighted by molar-refractivity contribution is 5.80. The lowest BCUT2D eigenvalue weighted by Gasteiger charge is -2.10. The molecule has 2 heterocycles. The van der Waals surface area contributed by atoms with E-state index >= 15 is 0 Å². The lowest BCUT2D eigenvalue weighted by atomic mass is 10.2. The highest BCUT2D eigenvalue weighted by atomic mass is 16.1. The number of fused-ring (bicyclic) bond motifs is 1. The summed E-state index contributed by atoms with van der Waals surface area (Å²) >= 11 is 0. The fourth-order valence-corrected chi connectivity index (χ4v) is 1.94. The van der Waals surface area contributed by atoms with Crippen molar-refractivity contribution < 1.29 is 4.79 Å². The molecule has 1 fully saturated rings. The minimum atomic E-state index is 0.0799. The molecule has 0 aliphatic carbocycles. The van der Waals surface area contributed by atoms with E-state index in [0.717, 1.165) is 11.0 Å². The van der Waals surface area contributed by atoms with Crippen LogP contribution in [0.25, 0.3) is 11.0 Å². The Morgan fingerprint density at radius 2 is 2.12 bits per heavy atom. The van der Waals surface area contributed by atoms with Gasteiger partial charge < -0.3 is 10.6 Å². The summed E-state index contributed by atoms with van der Waals surface area (Å²) in [6, 6.07) is 7.82. The zero-order chi connectivity index (χ0) is 11.7.